The maximum atomic E-state index is 10.3. The molecule has 8 heteroatoms. The van der Waals surface area contributed by atoms with Crippen LogP contribution >= 0.6 is 0 Å². The van der Waals surface area contributed by atoms with E-state index in [4.69, 9.17) is 4.98 Å². The lowest BCUT2D eigenvalue weighted by Gasteiger charge is -2.28. The van der Waals surface area contributed by atoms with Gasteiger partial charge in [-0.15, -0.1) is 0 Å². The van der Waals surface area contributed by atoms with Gasteiger partial charge < -0.3 is 25.6 Å². The largest absolute Gasteiger partial charge is 0.391 e. The number of nitrogens with one attached hydrogen (secondary N) is 3. The van der Waals surface area contributed by atoms with E-state index in [0.29, 0.717) is 25.6 Å². The van der Waals surface area contributed by atoms with Gasteiger partial charge in [-0.2, -0.15) is 9.61 Å². The summed E-state index contributed by atoms with van der Waals surface area (Å²) in [6.45, 7) is 3.00. The Bertz CT molecular complexity index is 1240. The van der Waals surface area contributed by atoms with Crippen LogP contribution in [0.25, 0.3) is 11.3 Å². The molecule has 4 aromatic rings. The Labute approximate surface area is 199 Å². The second-order valence-electron chi connectivity index (χ2n) is 9.45. The molecule has 1 aliphatic carbocycles. The number of hydrogen-bond donors (Lipinski definition) is 4. The van der Waals surface area contributed by atoms with Gasteiger partial charge in [0.05, 0.1) is 12.3 Å². The van der Waals surface area contributed by atoms with E-state index in [9.17, 15) is 5.11 Å². The van der Waals surface area contributed by atoms with Crippen molar-refractivity contribution in [3.05, 3.63) is 72.2 Å². The van der Waals surface area contributed by atoms with Gasteiger partial charge in [0.25, 0.3) is 0 Å². The summed E-state index contributed by atoms with van der Waals surface area (Å²) in [6, 6.07) is 14.7. The molecular formula is C26H31N7O. The van der Waals surface area contributed by atoms with Crippen molar-refractivity contribution < 1.29 is 5.11 Å². The molecule has 176 valence electrons. The molecule has 2 aliphatic rings. The Morgan fingerprint density at radius 1 is 1.06 bits per heavy atom. The zero-order valence-electron chi connectivity index (χ0n) is 19.2. The molecule has 6 rings (SSSR count). The summed E-state index contributed by atoms with van der Waals surface area (Å²) in [7, 11) is 0. The summed E-state index contributed by atoms with van der Waals surface area (Å²) < 4.78 is 4.02. The van der Waals surface area contributed by atoms with Crippen LogP contribution in [0.4, 0.5) is 11.6 Å². The number of aliphatic hydroxyl groups is 1. The highest BCUT2D eigenvalue weighted by atomic mass is 16.3. The molecule has 3 aromatic heterocycles. The smallest absolute Gasteiger partial charge is 0.163 e. The van der Waals surface area contributed by atoms with Crippen molar-refractivity contribution >= 4 is 17.3 Å². The minimum Gasteiger partial charge on any atom is -0.391 e. The van der Waals surface area contributed by atoms with Crippen molar-refractivity contribution in [2.24, 2.45) is 5.92 Å². The molecule has 1 saturated carbocycles. The third-order valence-corrected chi connectivity index (χ3v) is 6.96. The molecule has 0 bridgehead atoms. The Morgan fingerprint density at radius 2 is 1.88 bits per heavy atom. The first-order chi connectivity index (χ1) is 16.7. The lowest BCUT2D eigenvalue weighted by Crippen LogP contribution is -2.43. The van der Waals surface area contributed by atoms with Gasteiger partial charge in [-0.05, 0) is 61.6 Å². The summed E-state index contributed by atoms with van der Waals surface area (Å²) in [6.07, 6.45) is 9.12. The van der Waals surface area contributed by atoms with Crippen LogP contribution in [0.5, 0.6) is 0 Å². The number of nitrogens with zero attached hydrogens (tertiary/aromatic N) is 4. The molecule has 2 atom stereocenters. The highest BCUT2D eigenvalue weighted by Crippen LogP contribution is 2.42. The standard InChI is InChI=1S/C26H31N7O/c34-23-17-27-10-9-20(23)15-28-24-13-25(33-26(31-24)22(16-30-33)19-5-6-19)29-14-18-3-7-21(8-4-18)32-11-1-2-12-32/h1-4,7-8,11-13,16,19-20,23,27,29,34H,5-6,9-10,14-15,17H2,(H,28,31)/t20-,23+/m1/s1. The third kappa shape index (κ3) is 4.38. The predicted octanol–water partition coefficient (Wildman–Crippen LogP) is 3.39. The van der Waals surface area contributed by atoms with E-state index in [1.54, 1.807) is 0 Å². The first-order valence-corrected chi connectivity index (χ1v) is 12.2. The molecule has 4 heterocycles. The van der Waals surface area contributed by atoms with Crippen LogP contribution in [0.1, 0.15) is 36.3 Å². The van der Waals surface area contributed by atoms with Crippen LogP contribution in [0, 0.1) is 5.92 Å². The van der Waals surface area contributed by atoms with E-state index in [0.717, 1.165) is 35.9 Å². The number of β-amino-alcohol motifs (C(OH)–C–C–N with tert-alkyl or cyclic N) is 1. The van der Waals surface area contributed by atoms with Gasteiger partial charge >= 0.3 is 0 Å². The monoisotopic (exact) mass is 457 g/mol. The SMILES string of the molecule is O[C@H]1CNCC[C@@H]1CNc1cc(NCc2ccc(-n3cccc3)cc2)n2ncc(C3CC3)c2n1. The molecule has 0 spiro atoms. The summed E-state index contributed by atoms with van der Waals surface area (Å²) in [5.74, 6) is 2.54. The first-order valence-electron chi connectivity index (χ1n) is 12.2. The van der Waals surface area contributed by atoms with E-state index in [1.165, 1.54) is 24.0 Å². The van der Waals surface area contributed by atoms with Crippen molar-refractivity contribution in [3.8, 4) is 5.69 Å². The molecule has 2 fully saturated rings. The van der Waals surface area contributed by atoms with Crippen LogP contribution in [-0.2, 0) is 6.54 Å². The third-order valence-electron chi connectivity index (χ3n) is 6.96. The normalized spacial score (nSPS) is 20.5. The number of aliphatic hydroxyl groups excluding tert-OH is 1. The predicted molar refractivity (Wildman–Crippen MR) is 134 cm³/mol. The van der Waals surface area contributed by atoms with E-state index >= 15 is 0 Å². The molecule has 8 nitrogen and oxygen atoms in total. The summed E-state index contributed by atoms with van der Waals surface area (Å²) >= 11 is 0. The highest BCUT2D eigenvalue weighted by molar-refractivity contribution is 5.61. The Kier molecular flexibility index (Phi) is 5.68. The van der Waals surface area contributed by atoms with Crippen LogP contribution < -0.4 is 16.0 Å². The van der Waals surface area contributed by atoms with Crippen molar-refractivity contribution in [2.45, 2.75) is 37.8 Å². The first kappa shape index (κ1) is 21.2. The summed E-state index contributed by atoms with van der Waals surface area (Å²) in [5, 5.41) is 25.3. The van der Waals surface area contributed by atoms with Crippen molar-refractivity contribution in [2.75, 3.05) is 30.3 Å². The quantitative estimate of drug-likeness (QED) is 0.324. The Balaban J connectivity index is 1.22. The fraction of sp³-hybridized carbons (Fsp3) is 0.385. The Hall–Kier alpha value is -3.36. The molecule has 0 amide bonds. The lowest BCUT2D eigenvalue weighted by molar-refractivity contribution is 0.0883. The highest BCUT2D eigenvalue weighted by Gasteiger charge is 2.28. The van der Waals surface area contributed by atoms with Gasteiger partial charge in [-0.25, -0.2) is 4.98 Å². The van der Waals surface area contributed by atoms with Crippen LogP contribution in [0.2, 0.25) is 0 Å². The topological polar surface area (TPSA) is 91.4 Å². The zero-order valence-corrected chi connectivity index (χ0v) is 19.2. The number of hydrogen-bond acceptors (Lipinski definition) is 6. The number of benzene rings is 1. The van der Waals surface area contributed by atoms with Gasteiger partial charge in [0, 0.05) is 55.3 Å². The average molecular weight is 458 g/mol. The van der Waals surface area contributed by atoms with Crippen molar-refractivity contribution in [1.82, 2.24) is 24.5 Å². The fourth-order valence-electron chi connectivity index (χ4n) is 4.73. The maximum Gasteiger partial charge on any atom is 0.163 e. The summed E-state index contributed by atoms with van der Waals surface area (Å²) in [5.41, 5.74) is 4.49. The minimum absolute atomic E-state index is 0.224. The second-order valence-corrected chi connectivity index (χ2v) is 9.45. The molecule has 1 aromatic carbocycles. The van der Waals surface area contributed by atoms with E-state index < -0.39 is 0 Å². The van der Waals surface area contributed by atoms with E-state index in [2.05, 4.69) is 49.9 Å². The van der Waals surface area contributed by atoms with Gasteiger partial charge in [0.2, 0.25) is 0 Å². The maximum absolute atomic E-state index is 10.3. The van der Waals surface area contributed by atoms with Crippen LogP contribution in [0.3, 0.4) is 0 Å². The molecule has 0 unspecified atom stereocenters. The number of piperidine rings is 1. The number of aromatic nitrogens is 4. The average Bonchev–Trinajstić information content (AvgIpc) is 3.38. The Morgan fingerprint density at radius 3 is 2.65 bits per heavy atom. The molecular weight excluding hydrogens is 426 g/mol. The fourth-order valence-corrected chi connectivity index (χ4v) is 4.73. The minimum atomic E-state index is -0.325. The van der Waals surface area contributed by atoms with Crippen molar-refractivity contribution in [3.63, 3.8) is 0 Å². The van der Waals surface area contributed by atoms with Crippen LogP contribution in [-0.4, -0.2) is 50.0 Å². The zero-order chi connectivity index (χ0) is 22.9. The number of rotatable bonds is 8. The molecule has 4 N–H and O–H groups in total. The van der Waals surface area contributed by atoms with Gasteiger partial charge in [-0.3, -0.25) is 0 Å². The molecule has 1 saturated heterocycles. The van der Waals surface area contributed by atoms with Gasteiger partial charge in [0.1, 0.15) is 11.6 Å². The number of anilines is 2. The molecule has 34 heavy (non-hydrogen) atoms. The lowest BCUT2D eigenvalue weighted by atomic mass is 9.95. The molecule has 0 radical (unpaired) electrons. The van der Waals surface area contributed by atoms with Gasteiger partial charge in [0.15, 0.2) is 5.65 Å². The van der Waals surface area contributed by atoms with Gasteiger partial charge in [-0.1, -0.05) is 12.1 Å². The van der Waals surface area contributed by atoms with E-state index in [-0.39, 0.29) is 12.0 Å². The number of fused-ring (bicyclic) bond motifs is 1. The van der Waals surface area contributed by atoms with Crippen LogP contribution in [0.15, 0.2) is 61.1 Å². The van der Waals surface area contributed by atoms with Crippen molar-refractivity contribution in [1.29, 1.82) is 0 Å². The van der Waals surface area contributed by atoms with E-state index in [1.807, 2.05) is 41.3 Å². The summed E-state index contributed by atoms with van der Waals surface area (Å²) in [4.78, 5) is 4.91. The molecule has 1 aliphatic heterocycles. The second kappa shape index (κ2) is 9.12.